The molecule has 1 aliphatic heterocycles. The van der Waals surface area contributed by atoms with Gasteiger partial charge in [-0.2, -0.15) is 0 Å². The van der Waals surface area contributed by atoms with Gasteiger partial charge in [0.15, 0.2) is 11.6 Å². The normalized spacial score (nSPS) is 13.8. The Hall–Kier alpha value is -3.86. The van der Waals surface area contributed by atoms with E-state index in [1.54, 1.807) is 12.1 Å². The van der Waals surface area contributed by atoms with E-state index >= 15 is 0 Å². The molecule has 3 aromatic rings. The first-order valence-corrected chi connectivity index (χ1v) is 8.72. The topological polar surface area (TPSA) is 148 Å². The largest absolute Gasteiger partial charge is 0.461 e. The number of nitrogens with one attached hydrogen (secondary N) is 1. The second-order valence-corrected chi connectivity index (χ2v) is 6.60. The second kappa shape index (κ2) is 7.28. The summed E-state index contributed by atoms with van der Waals surface area (Å²) in [6.45, 7) is 0.993. The van der Waals surface area contributed by atoms with Gasteiger partial charge in [-0.25, -0.2) is 4.98 Å². The van der Waals surface area contributed by atoms with E-state index in [-0.39, 0.29) is 30.0 Å². The van der Waals surface area contributed by atoms with E-state index in [2.05, 4.69) is 9.97 Å². The maximum atomic E-state index is 12.5. The van der Waals surface area contributed by atoms with Crippen LogP contribution in [0.5, 0.6) is 0 Å². The fourth-order valence-electron chi connectivity index (χ4n) is 3.36. The van der Waals surface area contributed by atoms with Crippen LogP contribution in [0.25, 0.3) is 11.6 Å². The van der Waals surface area contributed by atoms with Gasteiger partial charge in [0.2, 0.25) is 0 Å². The summed E-state index contributed by atoms with van der Waals surface area (Å²) < 4.78 is 5.27. The number of hydrogen-bond donors (Lipinski definition) is 1. The molecule has 3 heterocycles. The van der Waals surface area contributed by atoms with Gasteiger partial charge in [-0.1, -0.05) is 0 Å². The quantitative estimate of drug-likeness (QED) is 0.509. The molecule has 0 radical (unpaired) electrons. The van der Waals surface area contributed by atoms with Crippen LogP contribution in [0.3, 0.4) is 0 Å². The molecule has 1 aromatic carbocycles. The molecule has 0 fully saturated rings. The Morgan fingerprint density at radius 3 is 2.72 bits per heavy atom. The number of nitrogens with zero attached hydrogens (tertiary/aromatic N) is 4. The first-order valence-electron chi connectivity index (χ1n) is 8.72. The van der Waals surface area contributed by atoms with Crippen molar-refractivity contribution in [3.63, 3.8) is 0 Å². The molecule has 0 bridgehead atoms. The predicted molar refractivity (Wildman–Crippen MR) is 100 cm³/mol. The second-order valence-electron chi connectivity index (χ2n) is 6.60. The Morgan fingerprint density at radius 1 is 1.21 bits per heavy atom. The van der Waals surface area contributed by atoms with Crippen molar-refractivity contribution < 1.29 is 14.3 Å². The first kappa shape index (κ1) is 18.5. The van der Waals surface area contributed by atoms with Gasteiger partial charge < -0.3 is 9.40 Å². The maximum Gasteiger partial charge on any atom is 0.280 e. The lowest BCUT2D eigenvalue weighted by molar-refractivity contribution is -0.394. The minimum absolute atomic E-state index is 0.188. The number of non-ortho nitro benzene ring substituents is 1. The van der Waals surface area contributed by atoms with Crippen molar-refractivity contribution in [2.75, 3.05) is 6.54 Å². The van der Waals surface area contributed by atoms with Crippen LogP contribution in [0.2, 0.25) is 0 Å². The Labute approximate surface area is 162 Å². The molecule has 0 amide bonds. The SMILES string of the molecule is O=c1[nH]c(-c2ccco2)nc2c1CN(Cc1ccc([N+](=O)[O-])cc1[N+](=O)[O-])CC2. The molecule has 1 N–H and O–H groups in total. The highest BCUT2D eigenvalue weighted by Crippen LogP contribution is 2.27. The summed E-state index contributed by atoms with van der Waals surface area (Å²) in [7, 11) is 0. The summed E-state index contributed by atoms with van der Waals surface area (Å²) in [6, 6.07) is 6.98. The van der Waals surface area contributed by atoms with Gasteiger partial charge in [-0.15, -0.1) is 0 Å². The molecule has 1 aliphatic rings. The molecule has 148 valence electrons. The Bertz CT molecular complexity index is 1150. The molecular formula is C18H15N5O6. The Balaban J connectivity index is 1.59. The third kappa shape index (κ3) is 3.62. The van der Waals surface area contributed by atoms with E-state index in [1.165, 1.54) is 18.4 Å². The lowest BCUT2D eigenvalue weighted by Crippen LogP contribution is -2.35. The van der Waals surface area contributed by atoms with Crippen LogP contribution in [0.1, 0.15) is 16.8 Å². The van der Waals surface area contributed by atoms with Crippen LogP contribution >= 0.6 is 0 Å². The predicted octanol–water partition coefficient (Wildman–Crippen LogP) is 2.40. The summed E-state index contributed by atoms with van der Waals surface area (Å²) in [5, 5.41) is 22.2. The number of fused-ring (bicyclic) bond motifs is 1. The zero-order chi connectivity index (χ0) is 20.5. The van der Waals surface area contributed by atoms with E-state index in [4.69, 9.17) is 4.42 Å². The van der Waals surface area contributed by atoms with Gasteiger partial charge in [-0.3, -0.25) is 29.9 Å². The summed E-state index contributed by atoms with van der Waals surface area (Å²) in [6.07, 6.45) is 1.99. The molecule has 0 atom stereocenters. The van der Waals surface area contributed by atoms with E-state index < -0.39 is 9.85 Å². The fraction of sp³-hybridized carbons (Fsp3) is 0.222. The summed E-state index contributed by atoms with van der Waals surface area (Å²) in [5.74, 6) is 0.826. The minimum Gasteiger partial charge on any atom is -0.461 e. The first-order chi connectivity index (χ1) is 13.9. The van der Waals surface area contributed by atoms with Crippen LogP contribution in [0, 0.1) is 20.2 Å². The number of H-pyrrole nitrogens is 1. The van der Waals surface area contributed by atoms with Crippen LogP contribution in [-0.4, -0.2) is 31.3 Å². The number of rotatable bonds is 5. The lowest BCUT2D eigenvalue weighted by Gasteiger charge is -2.27. The molecule has 0 saturated heterocycles. The van der Waals surface area contributed by atoms with Crippen LogP contribution in [-0.2, 0) is 19.5 Å². The maximum absolute atomic E-state index is 12.5. The Kier molecular flexibility index (Phi) is 4.64. The summed E-state index contributed by atoms with van der Waals surface area (Å²) >= 11 is 0. The monoisotopic (exact) mass is 397 g/mol. The molecule has 0 aliphatic carbocycles. The van der Waals surface area contributed by atoms with Crippen molar-refractivity contribution in [2.45, 2.75) is 19.5 Å². The van der Waals surface area contributed by atoms with Gasteiger partial charge in [0.05, 0.1) is 33.4 Å². The zero-order valence-electron chi connectivity index (χ0n) is 15.0. The van der Waals surface area contributed by atoms with Gasteiger partial charge in [0.25, 0.3) is 16.9 Å². The van der Waals surface area contributed by atoms with Gasteiger partial charge >= 0.3 is 0 Å². The average Bonchev–Trinajstić information content (AvgIpc) is 3.23. The van der Waals surface area contributed by atoms with Gasteiger partial charge in [0, 0.05) is 37.7 Å². The van der Waals surface area contributed by atoms with Crippen LogP contribution in [0.15, 0.2) is 45.8 Å². The van der Waals surface area contributed by atoms with Crippen molar-refractivity contribution in [1.82, 2.24) is 14.9 Å². The van der Waals surface area contributed by atoms with Crippen LogP contribution in [0.4, 0.5) is 11.4 Å². The van der Waals surface area contributed by atoms with E-state index in [0.717, 1.165) is 6.07 Å². The molecule has 0 saturated carbocycles. The third-order valence-electron chi connectivity index (χ3n) is 4.77. The standard InChI is InChI=1S/C18H15N5O6/c24-18-13-10-21(6-5-14(13)19-17(20-18)16-2-1-7-29-16)9-11-3-4-12(22(25)26)8-15(11)23(27)28/h1-4,7-8H,5-6,9-10H2,(H,19,20,24). The average molecular weight is 397 g/mol. The lowest BCUT2D eigenvalue weighted by atomic mass is 10.0. The van der Waals surface area contributed by atoms with E-state index in [1.807, 2.05) is 4.90 Å². The minimum atomic E-state index is -0.671. The summed E-state index contributed by atoms with van der Waals surface area (Å²) in [5.41, 5.74) is 0.566. The number of benzene rings is 1. The van der Waals surface area contributed by atoms with Crippen molar-refractivity contribution in [2.24, 2.45) is 0 Å². The smallest absolute Gasteiger partial charge is 0.280 e. The molecular weight excluding hydrogens is 382 g/mol. The van der Waals surface area contributed by atoms with Crippen molar-refractivity contribution in [3.05, 3.63) is 84.0 Å². The number of furan rings is 1. The molecule has 0 unspecified atom stereocenters. The molecule has 11 nitrogen and oxygen atoms in total. The number of hydrogen-bond acceptors (Lipinski definition) is 8. The van der Waals surface area contributed by atoms with Crippen molar-refractivity contribution >= 4 is 11.4 Å². The van der Waals surface area contributed by atoms with E-state index in [0.29, 0.717) is 41.4 Å². The third-order valence-corrected chi connectivity index (χ3v) is 4.77. The highest BCUT2D eigenvalue weighted by atomic mass is 16.6. The van der Waals surface area contributed by atoms with Gasteiger partial charge in [0.1, 0.15) is 0 Å². The van der Waals surface area contributed by atoms with Crippen LogP contribution < -0.4 is 5.56 Å². The van der Waals surface area contributed by atoms with Crippen molar-refractivity contribution in [1.29, 1.82) is 0 Å². The molecule has 29 heavy (non-hydrogen) atoms. The van der Waals surface area contributed by atoms with Crippen molar-refractivity contribution in [3.8, 4) is 11.6 Å². The van der Waals surface area contributed by atoms with E-state index in [9.17, 15) is 25.0 Å². The highest BCUT2D eigenvalue weighted by molar-refractivity contribution is 5.49. The molecule has 0 spiro atoms. The Morgan fingerprint density at radius 2 is 2.03 bits per heavy atom. The molecule has 11 heteroatoms. The molecule has 2 aromatic heterocycles. The number of nitro benzene ring substituents is 2. The zero-order valence-corrected chi connectivity index (χ0v) is 15.0. The molecule has 4 rings (SSSR count). The number of nitro groups is 2. The fourth-order valence-corrected chi connectivity index (χ4v) is 3.36. The number of aromatic nitrogens is 2. The summed E-state index contributed by atoms with van der Waals surface area (Å²) in [4.78, 5) is 42.5. The number of aromatic amines is 1. The van der Waals surface area contributed by atoms with Gasteiger partial charge in [-0.05, 0) is 18.2 Å². The highest BCUT2D eigenvalue weighted by Gasteiger charge is 2.25.